The van der Waals surface area contributed by atoms with Gasteiger partial charge in [0.25, 0.3) is 0 Å². The molecule has 1 unspecified atom stereocenters. The highest BCUT2D eigenvalue weighted by atomic mass is 32.2. The van der Waals surface area contributed by atoms with E-state index in [9.17, 15) is 8.42 Å². The van der Waals surface area contributed by atoms with E-state index >= 15 is 0 Å². The molecule has 2 heterocycles. The molecule has 1 atom stereocenters. The molecule has 0 bridgehead atoms. The molecule has 20 heavy (non-hydrogen) atoms. The Morgan fingerprint density at radius 1 is 1.45 bits per heavy atom. The van der Waals surface area contributed by atoms with E-state index in [2.05, 4.69) is 0 Å². The topological polar surface area (TPSA) is 72.6 Å². The van der Waals surface area contributed by atoms with Gasteiger partial charge >= 0.3 is 0 Å². The third-order valence-electron chi connectivity index (χ3n) is 3.56. The lowest BCUT2D eigenvalue weighted by Gasteiger charge is -2.31. The molecule has 1 aromatic rings. The van der Waals surface area contributed by atoms with Gasteiger partial charge in [-0.25, -0.2) is 8.42 Å². The molecular formula is C13H18N2O3S2. The van der Waals surface area contributed by atoms with Gasteiger partial charge in [0.15, 0.2) is 0 Å². The van der Waals surface area contributed by atoms with Crippen molar-refractivity contribution >= 4 is 33.2 Å². The van der Waals surface area contributed by atoms with Crippen molar-refractivity contribution in [3.63, 3.8) is 0 Å². The summed E-state index contributed by atoms with van der Waals surface area (Å²) >= 11 is 1.67. The minimum Gasteiger partial charge on any atom is -0.399 e. The van der Waals surface area contributed by atoms with Crippen LogP contribution in [0.2, 0.25) is 0 Å². The Morgan fingerprint density at radius 3 is 3.05 bits per heavy atom. The first kappa shape index (κ1) is 14.0. The summed E-state index contributed by atoms with van der Waals surface area (Å²) in [5.74, 6) is 0.827. The standard InChI is InChI=1S/C13H18N2O3S2/c14-10-3-4-13-12(8-10)15(5-7-19-13)20(16,17)9-11-2-1-6-18-11/h3-4,8,11H,1-2,5-7,9,14H2. The molecule has 3 rings (SSSR count). The molecule has 0 radical (unpaired) electrons. The number of hydrogen-bond acceptors (Lipinski definition) is 5. The number of nitrogens with zero attached hydrogens (tertiary/aromatic N) is 1. The van der Waals surface area contributed by atoms with Gasteiger partial charge in [0.1, 0.15) is 0 Å². The molecule has 0 saturated carbocycles. The van der Waals surface area contributed by atoms with E-state index in [1.807, 2.05) is 12.1 Å². The number of nitrogens with two attached hydrogens (primary N) is 1. The van der Waals surface area contributed by atoms with Crippen molar-refractivity contribution in [3.8, 4) is 0 Å². The van der Waals surface area contributed by atoms with Crippen LogP contribution in [0, 0.1) is 0 Å². The van der Waals surface area contributed by atoms with E-state index in [0.717, 1.165) is 23.5 Å². The van der Waals surface area contributed by atoms with Crippen molar-refractivity contribution in [1.29, 1.82) is 0 Å². The minimum absolute atomic E-state index is 0.0614. The number of nitrogen functional groups attached to an aromatic ring is 1. The van der Waals surface area contributed by atoms with Gasteiger partial charge in [0.2, 0.25) is 10.0 Å². The molecule has 0 spiro atoms. The Morgan fingerprint density at radius 2 is 2.30 bits per heavy atom. The summed E-state index contributed by atoms with van der Waals surface area (Å²) in [5.41, 5.74) is 7.09. The molecule has 1 saturated heterocycles. The Bertz CT molecular complexity index is 598. The largest absolute Gasteiger partial charge is 0.399 e. The Labute approximate surface area is 123 Å². The quantitative estimate of drug-likeness (QED) is 0.860. The number of benzene rings is 1. The van der Waals surface area contributed by atoms with Crippen molar-refractivity contribution < 1.29 is 13.2 Å². The fourth-order valence-corrected chi connectivity index (χ4v) is 5.48. The van der Waals surface area contributed by atoms with Crippen molar-refractivity contribution in [2.24, 2.45) is 0 Å². The summed E-state index contributed by atoms with van der Waals surface area (Å²) in [4.78, 5) is 0.973. The fourth-order valence-electron chi connectivity index (χ4n) is 2.60. The van der Waals surface area contributed by atoms with Crippen LogP contribution in [0.4, 0.5) is 11.4 Å². The first-order chi connectivity index (χ1) is 9.56. The predicted octanol–water partition coefficient (Wildman–Crippen LogP) is 1.69. The lowest BCUT2D eigenvalue weighted by Crippen LogP contribution is -2.39. The SMILES string of the molecule is Nc1ccc2c(c1)N(S(=O)(=O)CC1CCCO1)CCS2. The van der Waals surface area contributed by atoms with Crippen LogP contribution in [0.15, 0.2) is 23.1 Å². The molecule has 2 aliphatic heterocycles. The summed E-state index contributed by atoms with van der Waals surface area (Å²) in [5, 5.41) is 0. The summed E-state index contributed by atoms with van der Waals surface area (Å²) in [7, 11) is -3.36. The Kier molecular flexibility index (Phi) is 3.83. The monoisotopic (exact) mass is 314 g/mol. The molecule has 7 heteroatoms. The van der Waals surface area contributed by atoms with Gasteiger partial charge in [-0.15, -0.1) is 11.8 Å². The zero-order chi connectivity index (χ0) is 14.2. The maximum atomic E-state index is 12.6. The van der Waals surface area contributed by atoms with Crippen LogP contribution in [-0.2, 0) is 14.8 Å². The minimum atomic E-state index is -3.36. The number of sulfonamides is 1. The molecule has 5 nitrogen and oxygen atoms in total. The molecule has 2 N–H and O–H groups in total. The van der Waals surface area contributed by atoms with E-state index in [-0.39, 0.29) is 11.9 Å². The highest BCUT2D eigenvalue weighted by Gasteiger charge is 2.31. The summed E-state index contributed by atoms with van der Waals surface area (Å²) in [6, 6.07) is 5.44. The molecule has 110 valence electrons. The first-order valence-electron chi connectivity index (χ1n) is 6.70. The average molecular weight is 314 g/mol. The second-order valence-electron chi connectivity index (χ2n) is 5.06. The number of rotatable bonds is 3. The van der Waals surface area contributed by atoms with Crippen LogP contribution in [0.3, 0.4) is 0 Å². The zero-order valence-corrected chi connectivity index (χ0v) is 12.8. The van der Waals surface area contributed by atoms with Crippen LogP contribution in [0.25, 0.3) is 0 Å². The van der Waals surface area contributed by atoms with Gasteiger partial charge in [-0.05, 0) is 31.0 Å². The maximum absolute atomic E-state index is 12.6. The smallest absolute Gasteiger partial charge is 0.237 e. The van der Waals surface area contributed by atoms with E-state index < -0.39 is 10.0 Å². The van der Waals surface area contributed by atoms with E-state index in [1.165, 1.54) is 4.31 Å². The van der Waals surface area contributed by atoms with Gasteiger partial charge in [-0.1, -0.05) is 0 Å². The summed E-state index contributed by atoms with van der Waals surface area (Å²) < 4.78 is 32.2. The predicted molar refractivity (Wildman–Crippen MR) is 81.7 cm³/mol. The highest BCUT2D eigenvalue weighted by Crippen LogP contribution is 2.37. The van der Waals surface area contributed by atoms with Crippen LogP contribution in [0.5, 0.6) is 0 Å². The van der Waals surface area contributed by atoms with Crippen LogP contribution in [0.1, 0.15) is 12.8 Å². The van der Waals surface area contributed by atoms with Gasteiger partial charge in [0.05, 0.1) is 17.5 Å². The number of hydrogen-bond donors (Lipinski definition) is 1. The second kappa shape index (κ2) is 5.46. The van der Waals surface area contributed by atoms with E-state index in [0.29, 0.717) is 24.5 Å². The lowest BCUT2D eigenvalue weighted by molar-refractivity contribution is 0.127. The average Bonchev–Trinajstić information content (AvgIpc) is 2.90. The van der Waals surface area contributed by atoms with Crippen LogP contribution >= 0.6 is 11.8 Å². The van der Waals surface area contributed by atoms with E-state index in [1.54, 1.807) is 17.8 Å². The third kappa shape index (κ3) is 2.75. The van der Waals surface area contributed by atoms with Gasteiger partial charge in [-0.2, -0.15) is 0 Å². The first-order valence-corrected chi connectivity index (χ1v) is 9.30. The molecule has 0 aliphatic carbocycles. The van der Waals surface area contributed by atoms with Crippen molar-refractivity contribution in [2.75, 3.05) is 34.7 Å². The molecule has 2 aliphatic rings. The van der Waals surface area contributed by atoms with Crippen molar-refractivity contribution in [3.05, 3.63) is 18.2 Å². The highest BCUT2D eigenvalue weighted by molar-refractivity contribution is 8.00. The number of fused-ring (bicyclic) bond motifs is 1. The van der Waals surface area contributed by atoms with Gasteiger partial charge in [0, 0.05) is 29.5 Å². The number of ether oxygens (including phenoxy) is 1. The van der Waals surface area contributed by atoms with Gasteiger partial charge < -0.3 is 10.5 Å². The molecule has 0 aromatic heterocycles. The van der Waals surface area contributed by atoms with E-state index in [4.69, 9.17) is 10.5 Å². The fraction of sp³-hybridized carbons (Fsp3) is 0.538. The van der Waals surface area contributed by atoms with Crippen LogP contribution < -0.4 is 10.0 Å². The lowest BCUT2D eigenvalue weighted by atomic mass is 10.3. The molecule has 1 fully saturated rings. The number of thioether (sulfide) groups is 1. The molecule has 1 aromatic carbocycles. The molecule has 0 amide bonds. The van der Waals surface area contributed by atoms with Crippen LogP contribution in [-0.4, -0.2) is 39.2 Å². The van der Waals surface area contributed by atoms with Crippen molar-refractivity contribution in [2.45, 2.75) is 23.8 Å². The normalized spacial score (nSPS) is 22.8. The second-order valence-corrected chi connectivity index (χ2v) is 8.14. The van der Waals surface area contributed by atoms with Crippen molar-refractivity contribution in [1.82, 2.24) is 0 Å². The van der Waals surface area contributed by atoms with Gasteiger partial charge in [-0.3, -0.25) is 4.31 Å². The Hall–Kier alpha value is -0.920. The molecular weight excluding hydrogens is 296 g/mol. The maximum Gasteiger partial charge on any atom is 0.237 e. The summed E-state index contributed by atoms with van der Waals surface area (Å²) in [6.07, 6.45) is 1.60. The third-order valence-corrected chi connectivity index (χ3v) is 6.45. The number of anilines is 2. The zero-order valence-electron chi connectivity index (χ0n) is 11.1. The Balaban J connectivity index is 1.88. The summed E-state index contributed by atoms with van der Waals surface area (Å²) in [6.45, 7) is 1.16.